The first-order chi connectivity index (χ1) is 14.2. The summed E-state index contributed by atoms with van der Waals surface area (Å²) in [6.07, 6.45) is 1.80. The fraction of sp³-hybridized carbons (Fsp3) is 0.136. The summed E-state index contributed by atoms with van der Waals surface area (Å²) < 4.78 is 20.3. The van der Waals surface area contributed by atoms with Crippen LogP contribution >= 0.6 is 0 Å². The van der Waals surface area contributed by atoms with Crippen molar-refractivity contribution in [2.24, 2.45) is 0 Å². The highest BCUT2D eigenvalue weighted by molar-refractivity contribution is 5.93. The van der Waals surface area contributed by atoms with E-state index in [-0.39, 0.29) is 18.3 Å². The quantitative estimate of drug-likeness (QED) is 0.490. The number of amides is 1. The van der Waals surface area contributed by atoms with E-state index in [9.17, 15) is 9.18 Å². The van der Waals surface area contributed by atoms with Crippen LogP contribution in [0.1, 0.15) is 6.92 Å². The summed E-state index contributed by atoms with van der Waals surface area (Å²) in [5.41, 5.74) is 2.14. The first-order valence-electron chi connectivity index (χ1n) is 9.26. The summed E-state index contributed by atoms with van der Waals surface area (Å²) in [4.78, 5) is 19.0. The Morgan fingerprint density at radius 3 is 2.55 bits per heavy atom. The molecule has 0 saturated carbocycles. The van der Waals surface area contributed by atoms with Crippen molar-refractivity contribution in [2.45, 2.75) is 13.5 Å². The minimum absolute atomic E-state index is 0.0468. The third-order valence-corrected chi connectivity index (χ3v) is 4.57. The van der Waals surface area contributed by atoms with Crippen LogP contribution in [0.5, 0.6) is 0 Å². The fourth-order valence-electron chi connectivity index (χ4n) is 3.13. The van der Waals surface area contributed by atoms with Crippen LogP contribution < -0.4 is 4.90 Å². The Morgan fingerprint density at radius 2 is 1.83 bits per heavy atom. The molecule has 0 N–H and O–H groups in total. The van der Waals surface area contributed by atoms with Crippen LogP contribution in [0.2, 0.25) is 0 Å². The van der Waals surface area contributed by atoms with Gasteiger partial charge in [0.2, 0.25) is 11.7 Å². The van der Waals surface area contributed by atoms with Crippen molar-refractivity contribution in [2.75, 3.05) is 11.4 Å². The molecule has 0 aliphatic carbocycles. The number of rotatable bonds is 6. The molecular formula is C22H19FN4O2. The molecule has 0 spiro atoms. The van der Waals surface area contributed by atoms with E-state index in [0.29, 0.717) is 29.5 Å². The summed E-state index contributed by atoms with van der Waals surface area (Å²) in [6.45, 7) is 2.64. The van der Waals surface area contributed by atoms with Crippen LogP contribution in [-0.4, -0.2) is 27.2 Å². The van der Waals surface area contributed by atoms with Crippen molar-refractivity contribution in [1.29, 1.82) is 0 Å². The molecule has 2 aromatic carbocycles. The van der Waals surface area contributed by atoms with Crippen LogP contribution in [0.25, 0.3) is 23.0 Å². The molecule has 2 aromatic heterocycles. The van der Waals surface area contributed by atoms with E-state index in [0.717, 1.165) is 5.69 Å². The number of aromatic nitrogens is 3. The van der Waals surface area contributed by atoms with Gasteiger partial charge in [-0.3, -0.25) is 4.79 Å². The van der Waals surface area contributed by atoms with Gasteiger partial charge in [-0.2, -0.15) is 4.98 Å². The van der Waals surface area contributed by atoms with Gasteiger partial charge in [-0.05, 0) is 55.5 Å². The lowest BCUT2D eigenvalue weighted by Gasteiger charge is -2.21. The number of para-hydroxylation sites is 1. The Morgan fingerprint density at radius 1 is 1.07 bits per heavy atom. The number of nitrogens with zero attached hydrogens (tertiary/aromatic N) is 4. The maximum atomic E-state index is 13.1. The second-order valence-corrected chi connectivity index (χ2v) is 6.42. The Labute approximate surface area is 167 Å². The molecule has 29 heavy (non-hydrogen) atoms. The number of hydrogen-bond acceptors (Lipinski definition) is 4. The second kappa shape index (κ2) is 8.10. The molecule has 0 saturated heterocycles. The van der Waals surface area contributed by atoms with E-state index in [1.165, 1.54) is 12.1 Å². The van der Waals surface area contributed by atoms with Crippen LogP contribution in [0.15, 0.2) is 77.4 Å². The first-order valence-corrected chi connectivity index (χ1v) is 9.26. The van der Waals surface area contributed by atoms with E-state index < -0.39 is 0 Å². The molecule has 4 rings (SSSR count). The van der Waals surface area contributed by atoms with Gasteiger partial charge in [-0.25, -0.2) is 4.39 Å². The average Bonchev–Trinajstić information content (AvgIpc) is 3.39. The molecule has 0 atom stereocenters. The van der Waals surface area contributed by atoms with Gasteiger partial charge in [0, 0.05) is 24.0 Å². The van der Waals surface area contributed by atoms with Gasteiger partial charge in [0.05, 0.1) is 0 Å². The molecule has 1 amide bonds. The Hall–Kier alpha value is -3.74. The molecule has 6 nitrogen and oxygen atoms in total. The molecule has 0 aliphatic heterocycles. The number of hydrogen-bond donors (Lipinski definition) is 0. The summed E-state index contributed by atoms with van der Waals surface area (Å²) in [7, 11) is 0. The standard InChI is InChI=1S/C22H19FN4O2/c1-2-27(18-7-4-3-5-8-18)20(28)15-26-14-6-9-19(26)22-24-21(25-29-22)16-10-12-17(23)13-11-16/h3-14H,2,15H2,1H3. The van der Waals surface area contributed by atoms with Gasteiger partial charge in [0.1, 0.15) is 18.1 Å². The van der Waals surface area contributed by atoms with Crippen LogP contribution in [0.4, 0.5) is 10.1 Å². The van der Waals surface area contributed by atoms with Crippen molar-refractivity contribution in [1.82, 2.24) is 14.7 Å². The van der Waals surface area contributed by atoms with Gasteiger partial charge in [0.25, 0.3) is 5.89 Å². The molecule has 0 fully saturated rings. The molecule has 2 heterocycles. The maximum Gasteiger partial charge on any atom is 0.274 e. The number of likely N-dealkylation sites (N-methyl/N-ethyl adjacent to an activating group) is 1. The largest absolute Gasteiger partial charge is 0.334 e. The number of halogens is 1. The number of carbonyl (C=O) groups is 1. The lowest BCUT2D eigenvalue weighted by molar-refractivity contribution is -0.119. The summed E-state index contributed by atoms with van der Waals surface area (Å²) in [5, 5.41) is 3.97. The number of benzene rings is 2. The molecule has 7 heteroatoms. The third kappa shape index (κ3) is 3.94. The van der Waals surface area contributed by atoms with Gasteiger partial charge in [-0.1, -0.05) is 23.4 Å². The smallest absolute Gasteiger partial charge is 0.274 e. The zero-order valence-electron chi connectivity index (χ0n) is 15.8. The molecule has 0 aliphatic rings. The van der Waals surface area contributed by atoms with Gasteiger partial charge >= 0.3 is 0 Å². The molecule has 0 unspecified atom stereocenters. The van der Waals surface area contributed by atoms with E-state index in [1.54, 1.807) is 27.8 Å². The topological polar surface area (TPSA) is 64.2 Å². The highest BCUT2D eigenvalue weighted by Gasteiger charge is 2.18. The van der Waals surface area contributed by atoms with Gasteiger partial charge < -0.3 is 14.0 Å². The van der Waals surface area contributed by atoms with Gasteiger partial charge in [0.15, 0.2) is 0 Å². The van der Waals surface area contributed by atoms with Crippen molar-refractivity contribution in [3.05, 3.63) is 78.7 Å². The zero-order valence-corrected chi connectivity index (χ0v) is 15.8. The SMILES string of the molecule is CCN(C(=O)Cn1cccc1-c1nc(-c2ccc(F)cc2)no1)c1ccccc1. The predicted octanol–water partition coefficient (Wildman–Crippen LogP) is 4.40. The maximum absolute atomic E-state index is 13.1. The van der Waals surface area contributed by atoms with Crippen molar-refractivity contribution < 1.29 is 13.7 Å². The lowest BCUT2D eigenvalue weighted by Crippen LogP contribution is -2.33. The normalized spacial score (nSPS) is 10.8. The molecule has 0 bridgehead atoms. The summed E-state index contributed by atoms with van der Waals surface area (Å²) >= 11 is 0. The molecule has 4 aromatic rings. The summed E-state index contributed by atoms with van der Waals surface area (Å²) in [6, 6.07) is 19.0. The predicted molar refractivity (Wildman–Crippen MR) is 108 cm³/mol. The summed E-state index contributed by atoms with van der Waals surface area (Å²) in [5.74, 6) is 0.279. The minimum atomic E-state index is -0.330. The van der Waals surface area contributed by atoms with Crippen molar-refractivity contribution in [3.63, 3.8) is 0 Å². The van der Waals surface area contributed by atoms with Crippen molar-refractivity contribution >= 4 is 11.6 Å². The first kappa shape index (κ1) is 18.6. The van der Waals surface area contributed by atoms with E-state index in [4.69, 9.17) is 4.52 Å². The Bertz CT molecular complexity index is 1100. The van der Waals surface area contributed by atoms with E-state index >= 15 is 0 Å². The van der Waals surface area contributed by atoms with E-state index in [2.05, 4.69) is 10.1 Å². The van der Waals surface area contributed by atoms with Crippen molar-refractivity contribution in [3.8, 4) is 23.0 Å². The fourth-order valence-corrected chi connectivity index (χ4v) is 3.13. The highest BCUT2D eigenvalue weighted by Crippen LogP contribution is 2.23. The molecular weight excluding hydrogens is 371 g/mol. The monoisotopic (exact) mass is 390 g/mol. The average molecular weight is 390 g/mol. The van der Waals surface area contributed by atoms with E-state index in [1.807, 2.05) is 49.4 Å². The second-order valence-electron chi connectivity index (χ2n) is 6.42. The van der Waals surface area contributed by atoms with Crippen LogP contribution in [-0.2, 0) is 11.3 Å². The van der Waals surface area contributed by atoms with Crippen LogP contribution in [0, 0.1) is 5.82 Å². The zero-order chi connectivity index (χ0) is 20.2. The number of carbonyl (C=O) groups excluding carboxylic acids is 1. The number of anilines is 1. The van der Waals surface area contributed by atoms with Crippen LogP contribution in [0.3, 0.4) is 0 Å². The third-order valence-electron chi connectivity index (χ3n) is 4.57. The van der Waals surface area contributed by atoms with Gasteiger partial charge in [-0.15, -0.1) is 0 Å². The molecule has 0 radical (unpaired) electrons. The Balaban J connectivity index is 1.56. The molecule has 146 valence electrons. The Kier molecular flexibility index (Phi) is 5.20. The minimum Gasteiger partial charge on any atom is -0.334 e. The highest BCUT2D eigenvalue weighted by atomic mass is 19.1. The lowest BCUT2D eigenvalue weighted by atomic mass is 10.2.